The molecule has 1 aliphatic rings. The molecule has 2 aromatic rings. The molecule has 0 spiro atoms. The minimum absolute atomic E-state index is 0.0232. The topological polar surface area (TPSA) is 132 Å². The van der Waals surface area contributed by atoms with Crippen LogP contribution < -0.4 is 16.2 Å². The van der Waals surface area contributed by atoms with Gasteiger partial charge < -0.3 is 5.32 Å². The predicted octanol–water partition coefficient (Wildman–Crippen LogP) is 2.42. The van der Waals surface area contributed by atoms with Gasteiger partial charge >= 0.3 is 0 Å². The third kappa shape index (κ3) is 6.58. The molecule has 32 heavy (non-hydrogen) atoms. The second-order valence-electron chi connectivity index (χ2n) is 7.88. The zero-order chi connectivity index (χ0) is 22.9. The first kappa shape index (κ1) is 23.3. The van der Waals surface area contributed by atoms with Crippen molar-refractivity contribution >= 4 is 24.0 Å². The summed E-state index contributed by atoms with van der Waals surface area (Å²) in [6.45, 7) is 1.73. The first-order chi connectivity index (χ1) is 15.5. The van der Waals surface area contributed by atoms with Crippen molar-refractivity contribution in [2.24, 2.45) is 11.8 Å². The molecule has 3 rings (SSSR count). The third-order valence-corrected chi connectivity index (χ3v) is 5.42. The van der Waals surface area contributed by atoms with E-state index in [1.54, 1.807) is 25.3 Å². The summed E-state index contributed by atoms with van der Waals surface area (Å²) in [6, 6.07) is 5.41. The Morgan fingerprint density at radius 1 is 1.31 bits per heavy atom. The molecule has 2 aromatic heterocycles. The second kappa shape index (κ2) is 11.3. The third-order valence-electron chi connectivity index (χ3n) is 5.42. The standard InChI is InChI=1S/C21H28FN7O3/c1-14-25-19(24-11-17-8-4-5-9-23-17)18(22)20(26-14)27-28-21(31)16(12-29(32)13-30)10-15-6-2-3-7-15/h4-5,8-9,13,15-16,32H,2-3,6-7,10-12H2,1H3,(H,28,31)(H2,24,25,26,27)/t16-/m0/s1. The van der Waals surface area contributed by atoms with Crippen LogP contribution in [0.4, 0.5) is 16.0 Å². The number of carbonyl (C=O) groups excluding carboxylic acids is 2. The molecule has 1 atom stereocenters. The van der Waals surface area contributed by atoms with Gasteiger partial charge in [-0.15, -0.1) is 0 Å². The smallest absolute Gasteiger partial charge is 0.243 e. The lowest BCUT2D eigenvalue weighted by atomic mass is 9.92. The van der Waals surface area contributed by atoms with Crippen LogP contribution in [0.2, 0.25) is 0 Å². The van der Waals surface area contributed by atoms with E-state index < -0.39 is 17.6 Å². The Hall–Kier alpha value is -3.34. The molecule has 4 N–H and O–H groups in total. The number of hydrogen-bond donors (Lipinski definition) is 4. The molecule has 1 aliphatic carbocycles. The minimum atomic E-state index is -0.754. The number of hydrogen-bond acceptors (Lipinski definition) is 8. The monoisotopic (exact) mass is 445 g/mol. The first-order valence-electron chi connectivity index (χ1n) is 10.6. The van der Waals surface area contributed by atoms with Gasteiger partial charge in [0.1, 0.15) is 5.82 Å². The van der Waals surface area contributed by atoms with Gasteiger partial charge in [-0.2, -0.15) is 4.39 Å². The number of aryl methyl sites for hydroxylation is 1. The Labute approximate surface area is 185 Å². The molecular formula is C21H28FN7O3. The van der Waals surface area contributed by atoms with E-state index in [1.165, 1.54) is 0 Å². The Balaban J connectivity index is 1.64. The van der Waals surface area contributed by atoms with Crippen molar-refractivity contribution < 1.29 is 19.2 Å². The fraction of sp³-hybridized carbons (Fsp3) is 0.476. The van der Waals surface area contributed by atoms with Crippen molar-refractivity contribution in [2.45, 2.75) is 45.6 Å². The first-order valence-corrected chi connectivity index (χ1v) is 10.6. The molecule has 0 unspecified atom stereocenters. The van der Waals surface area contributed by atoms with Crippen LogP contribution in [0.3, 0.4) is 0 Å². The van der Waals surface area contributed by atoms with E-state index in [2.05, 4.69) is 31.1 Å². The lowest BCUT2D eigenvalue weighted by Gasteiger charge is -2.22. The lowest BCUT2D eigenvalue weighted by molar-refractivity contribution is -0.154. The predicted molar refractivity (Wildman–Crippen MR) is 115 cm³/mol. The van der Waals surface area contributed by atoms with E-state index in [1.807, 2.05) is 6.07 Å². The van der Waals surface area contributed by atoms with Crippen LogP contribution in [0.25, 0.3) is 0 Å². The molecule has 172 valence electrons. The number of amides is 2. The number of pyridine rings is 1. The highest BCUT2D eigenvalue weighted by atomic mass is 19.1. The van der Waals surface area contributed by atoms with Crippen LogP contribution in [0, 0.1) is 24.6 Å². The maximum absolute atomic E-state index is 14.9. The van der Waals surface area contributed by atoms with E-state index in [4.69, 9.17) is 0 Å². The molecule has 0 aliphatic heterocycles. The van der Waals surface area contributed by atoms with Gasteiger partial charge in [0, 0.05) is 6.20 Å². The number of rotatable bonds is 11. The fourth-order valence-electron chi connectivity index (χ4n) is 3.84. The van der Waals surface area contributed by atoms with Crippen LogP contribution in [-0.4, -0.2) is 44.1 Å². The van der Waals surface area contributed by atoms with Gasteiger partial charge in [-0.05, 0) is 31.4 Å². The maximum Gasteiger partial charge on any atom is 0.243 e. The summed E-state index contributed by atoms with van der Waals surface area (Å²) in [5.41, 5.74) is 5.69. The van der Waals surface area contributed by atoms with Gasteiger partial charge in [-0.25, -0.2) is 15.0 Å². The van der Waals surface area contributed by atoms with Crippen LogP contribution in [0.1, 0.15) is 43.6 Å². The average molecular weight is 445 g/mol. The summed E-state index contributed by atoms with van der Waals surface area (Å²) in [5.74, 6) is -1.42. The van der Waals surface area contributed by atoms with Crippen LogP contribution >= 0.6 is 0 Å². The molecule has 10 nitrogen and oxygen atoms in total. The zero-order valence-electron chi connectivity index (χ0n) is 17.9. The van der Waals surface area contributed by atoms with E-state index in [9.17, 15) is 19.2 Å². The fourth-order valence-corrected chi connectivity index (χ4v) is 3.84. The highest BCUT2D eigenvalue weighted by molar-refractivity contribution is 5.80. The normalized spacial score (nSPS) is 14.6. The van der Waals surface area contributed by atoms with Crippen LogP contribution in [0.5, 0.6) is 0 Å². The largest absolute Gasteiger partial charge is 0.362 e. The number of hydrazine groups is 1. The highest BCUT2D eigenvalue weighted by Crippen LogP contribution is 2.30. The Bertz CT molecular complexity index is 910. The highest BCUT2D eigenvalue weighted by Gasteiger charge is 2.27. The van der Waals surface area contributed by atoms with Crippen molar-refractivity contribution in [3.8, 4) is 0 Å². The molecule has 0 bridgehead atoms. The number of hydroxylamine groups is 2. The summed E-state index contributed by atoms with van der Waals surface area (Å²) in [6.07, 6.45) is 6.65. The Morgan fingerprint density at radius 3 is 2.75 bits per heavy atom. The Morgan fingerprint density at radius 2 is 2.06 bits per heavy atom. The summed E-state index contributed by atoms with van der Waals surface area (Å²) in [7, 11) is 0. The minimum Gasteiger partial charge on any atom is -0.362 e. The number of halogens is 1. The summed E-state index contributed by atoms with van der Waals surface area (Å²) >= 11 is 0. The maximum atomic E-state index is 14.9. The molecular weight excluding hydrogens is 417 g/mol. The van der Waals surface area contributed by atoms with E-state index in [0.29, 0.717) is 28.9 Å². The molecule has 1 fully saturated rings. The van der Waals surface area contributed by atoms with E-state index >= 15 is 0 Å². The van der Waals surface area contributed by atoms with Crippen molar-refractivity contribution in [1.82, 2.24) is 25.4 Å². The molecule has 2 heterocycles. The van der Waals surface area contributed by atoms with Crippen molar-refractivity contribution in [3.63, 3.8) is 0 Å². The van der Waals surface area contributed by atoms with Gasteiger partial charge in [0.25, 0.3) is 0 Å². The molecule has 11 heteroatoms. The lowest BCUT2D eigenvalue weighted by Crippen LogP contribution is -2.41. The average Bonchev–Trinajstić information content (AvgIpc) is 3.31. The van der Waals surface area contributed by atoms with Crippen LogP contribution in [-0.2, 0) is 16.1 Å². The number of anilines is 2. The van der Waals surface area contributed by atoms with E-state index in [0.717, 1.165) is 25.7 Å². The summed E-state index contributed by atoms with van der Waals surface area (Å²) in [5, 5.41) is 12.9. The van der Waals surface area contributed by atoms with Gasteiger partial charge in [-0.3, -0.25) is 30.6 Å². The molecule has 0 saturated heterocycles. The molecule has 2 amide bonds. The number of carbonyl (C=O) groups is 2. The summed E-state index contributed by atoms with van der Waals surface area (Å²) < 4.78 is 14.9. The van der Waals surface area contributed by atoms with Crippen LogP contribution in [0.15, 0.2) is 24.4 Å². The SMILES string of the molecule is Cc1nc(NCc2ccccn2)c(F)c(NNC(=O)[C@@H](CC2CCCC2)CN(O)C=O)n1. The second-order valence-corrected chi connectivity index (χ2v) is 7.88. The number of nitrogens with one attached hydrogen (secondary N) is 3. The number of aromatic nitrogens is 3. The van der Waals surface area contributed by atoms with E-state index in [-0.39, 0.29) is 31.1 Å². The van der Waals surface area contributed by atoms with Gasteiger partial charge in [0.15, 0.2) is 11.6 Å². The molecule has 0 aromatic carbocycles. The Kier molecular flexibility index (Phi) is 8.26. The number of nitrogens with zero attached hydrogens (tertiary/aromatic N) is 4. The quantitative estimate of drug-likeness (QED) is 0.236. The zero-order valence-corrected chi connectivity index (χ0v) is 17.9. The van der Waals surface area contributed by atoms with Crippen molar-refractivity contribution in [1.29, 1.82) is 0 Å². The van der Waals surface area contributed by atoms with Crippen molar-refractivity contribution in [3.05, 3.63) is 41.7 Å². The van der Waals surface area contributed by atoms with Gasteiger partial charge in [0.05, 0.1) is 24.7 Å². The molecule has 1 saturated carbocycles. The summed E-state index contributed by atoms with van der Waals surface area (Å²) in [4.78, 5) is 35.8. The molecule has 0 radical (unpaired) electrons. The van der Waals surface area contributed by atoms with Gasteiger partial charge in [-0.1, -0.05) is 31.7 Å². The van der Waals surface area contributed by atoms with Gasteiger partial charge in [0.2, 0.25) is 18.1 Å². The van der Waals surface area contributed by atoms with Crippen molar-refractivity contribution in [2.75, 3.05) is 17.3 Å².